The molecule has 19 heavy (non-hydrogen) atoms. The molecular weight excluding hydrogens is 236 g/mol. The lowest BCUT2D eigenvalue weighted by molar-refractivity contribution is -0.137. The zero-order chi connectivity index (χ0) is 14.1. The first-order valence-electron chi connectivity index (χ1n) is 7.71. The van der Waals surface area contributed by atoms with E-state index in [0.717, 1.165) is 18.3 Å². The highest BCUT2D eigenvalue weighted by molar-refractivity contribution is 5.81. The number of carbonyl (C=O) groups is 1. The van der Waals surface area contributed by atoms with Crippen LogP contribution in [0.3, 0.4) is 0 Å². The van der Waals surface area contributed by atoms with Crippen molar-refractivity contribution < 1.29 is 9.53 Å². The lowest BCUT2D eigenvalue weighted by Crippen LogP contribution is -2.32. The number of unbranched alkanes of at least 4 members (excludes halogenated alkanes) is 1. The van der Waals surface area contributed by atoms with Crippen molar-refractivity contribution in [3.63, 3.8) is 0 Å². The lowest BCUT2D eigenvalue weighted by atomic mass is 9.65. The molecule has 2 aliphatic carbocycles. The molecule has 2 nitrogen and oxygen atoms in total. The molecular formula is C17H28O2. The summed E-state index contributed by atoms with van der Waals surface area (Å²) >= 11 is 0. The van der Waals surface area contributed by atoms with E-state index in [2.05, 4.69) is 27.4 Å². The first kappa shape index (κ1) is 14.6. The minimum absolute atomic E-state index is 0.298. The summed E-state index contributed by atoms with van der Waals surface area (Å²) in [4.78, 5) is 10.9. The molecule has 2 fully saturated rings. The van der Waals surface area contributed by atoms with E-state index in [1.165, 1.54) is 38.2 Å². The van der Waals surface area contributed by atoms with Gasteiger partial charge in [-0.1, -0.05) is 27.4 Å². The van der Waals surface area contributed by atoms with E-state index in [1.807, 2.05) is 0 Å². The fourth-order valence-electron chi connectivity index (χ4n) is 4.53. The van der Waals surface area contributed by atoms with Gasteiger partial charge >= 0.3 is 5.97 Å². The van der Waals surface area contributed by atoms with Crippen molar-refractivity contribution in [1.82, 2.24) is 0 Å². The van der Waals surface area contributed by atoms with Crippen LogP contribution in [0, 0.1) is 22.7 Å². The van der Waals surface area contributed by atoms with Gasteiger partial charge in [0.2, 0.25) is 0 Å². The summed E-state index contributed by atoms with van der Waals surface area (Å²) in [6, 6.07) is 0. The summed E-state index contributed by atoms with van der Waals surface area (Å²) in [7, 11) is 0. The summed E-state index contributed by atoms with van der Waals surface area (Å²) in [5, 5.41) is 0. The van der Waals surface area contributed by atoms with Crippen molar-refractivity contribution in [2.75, 3.05) is 6.61 Å². The van der Waals surface area contributed by atoms with Crippen LogP contribution in [0.1, 0.15) is 59.3 Å². The van der Waals surface area contributed by atoms with Crippen molar-refractivity contribution in [2.45, 2.75) is 59.3 Å². The Morgan fingerprint density at radius 3 is 2.63 bits per heavy atom. The first-order chi connectivity index (χ1) is 8.91. The summed E-state index contributed by atoms with van der Waals surface area (Å²) in [6.45, 7) is 11.4. The Morgan fingerprint density at radius 2 is 2.11 bits per heavy atom. The van der Waals surface area contributed by atoms with Crippen molar-refractivity contribution in [3.05, 3.63) is 12.7 Å². The minimum atomic E-state index is -0.298. The molecule has 0 aliphatic heterocycles. The molecule has 0 aromatic carbocycles. The van der Waals surface area contributed by atoms with E-state index in [-0.39, 0.29) is 5.97 Å². The fourth-order valence-corrected chi connectivity index (χ4v) is 4.53. The van der Waals surface area contributed by atoms with Crippen LogP contribution < -0.4 is 0 Å². The maximum absolute atomic E-state index is 10.9. The molecule has 0 radical (unpaired) electrons. The van der Waals surface area contributed by atoms with Gasteiger partial charge in [-0.3, -0.25) is 0 Å². The highest BCUT2D eigenvalue weighted by Crippen LogP contribution is 2.68. The van der Waals surface area contributed by atoms with E-state index in [1.54, 1.807) is 0 Å². The minimum Gasteiger partial charge on any atom is -0.463 e. The highest BCUT2D eigenvalue weighted by Gasteiger charge is 2.60. The number of carbonyl (C=O) groups excluding carboxylic acids is 1. The smallest absolute Gasteiger partial charge is 0.330 e. The second-order valence-electron chi connectivity index (χ2n) is 7.17. The van der Waals surface area contributed by atoms with Crippen LogP contribution >= 0.6 is 0 Å². The number of fused-ring (bicyclic) bond motifs is 2. The summed E-state index contributed by atoms with van der Waals surface area (Å²) in [5.41, 5.74) is 1.06. The van der Waals surface area contributed by atoms with E-state index in [4.69, 9.17) is 4.74 Å². The van der Waals surface area contributed by atoms with Gasteiger partial charge in [0, 0.05) is 6.08 Å². The van der Waals surface area contributed by atoms with Crippen LogP contribution in [-0.4, -0.2) is 12.6 Å². The fraction of sp³-hybridized carbons (Fsp3) is 0.824. The maximum atomic E-state index is 10.9. The molecule has 2 rings (SSSR count). The Morgan fingerprint density at radius 1 is 1.37 bits per heavy atom. The SMILES string of the molecule is C=CC(=O)OCCCCC1C[C@H]2CC[C@@]1(C)C2(C)C. The molecule has 3 atom stereocenters. The monoisotopic (exact) mass is 264 g/mol. The highest BCUT2D eigenvalue weighted by atomic mass is 16.5. The molecule has 0 spiro atoms. The quantitative estimate of drug-likeness (QED) is 0.405. The number of hydrogen-bond acceptors (Lipinski definition) is 2. The molecule has 2 saturated carbocycles. The Labute approximate surface area is 117 Å². The number of ether oxygens (including phenoxy) is 1. The molecule has 0 amide bonds. The van der Waals surface area contributed by atoms with Crippen LogP contribution in [0.5, 0.6) is 0 Å². The third-order valence-corrected chi connectivity index (χ3v) is 6.33. The van der Waals surface area contributed by atoms with Crippen LogP contribution in [0.15, 0.2) is 12.7 Å². The number of rotatable bonds is 6. The number of esters is 1. The zero-order valence-corrected chi connectivity index (χ0v) is 12.7. The van der Waals surface area contributed by atoms with E-state index in [9.17, 15) is 4.79 Å². The van der Waals surface area contributed by atoms with Crippen molar-refractivity contribution in [2.24, 2.45) is 22.7 Å². The molecule has 0 saturated heterocycles. The van der Waals surface area contributed by atoms with Crippen LogP contribution in [0.25, 0.3) is 0 Å². The predicted molar refractivity (Wildman–Crippen MR) is 77.7 cm³/mol. The van der Waals surface area contributed by atoms with Gasteiger partial charge in [-0.05, 0) is 61.2 Å². The number of hydrogen-bond donors (Lipinski definition) is 0. The van der Waals surface area contributed by atoms with E-state index >= 15 is 0 Å². The zero-order valence-electron chi connectivity index (χ0n) is 12.7. The Bertz CT molecular complexity index is 358. The molecule has 2 heteroatoms. The largest absolute Gasteiger partial charge is 0.463 e. The molecule has 2 bridgehead atoms. The third kappa shape index (κ3) is 2.46. The average molecular weight is 264 g/mol. The first-order valence-corrected chi connectivity index (χ1v) is 7.71. The maximum Gasteiger partial charge on any atom is 0.330 e. The van der Waals surface area contributed by atoms with Gasteiger partial charge in [-0.15, -0.1) is 0 Å². The topological polar surface area (TPSA) is 26.3 Å². The molecule has 0 heterocycles. The van der Waals surface area contributed by atoms with Crippen molar-refractivity contribution in [1.29, 1.82) is 0 Å². The van der Waals surface area contributed by atoms with Crippen LogP contribution in [0.4, 0.5) is 0 Å². The summed E-state index contributed by atoms with van der Waals surface area (Å²) in [6.07, 6.45) is 8.93. The van der Waals surface area contributed by atoms with Gasteiger partial charge in [-0.25, -0.2) is 4.79 Å². The van der Waals surface area contributed by atoms with Crippen LogP contribution in [-0.2, 0) is 9.53 Å². The molecule has 0 N–H and O–H groups in total. The molecule has 0 aromatic heterocycles. The lowest BCUT2D eigenvalue weighted by Gasteiger charge is -2.39. The second kappa shape index (κ2) is 5.30. The Kier molecular flexibility index (Phi) is 4.08. The van der Waals surface area contributed by atoms with Crippen molar-refractivity contribution in [3.8, 4) is 0 Å². The van der Waals surface area contributed by atoms with Gasteiger partial charge < -0.3 is 4.74 Å². The van der Waals surface area contributed by atoms with Crippen molar-refractivity contribution >= 4 is 5.97 Å². The molecule has 2 aliphatic rings. The van der Waals surface area contributed by atoms with E-state index < -0.39 is 0 Å². The standard InChI is InChI=1S/C17H28O2/c1-5-15(18)19-11-7-6-8-14-12-13-9-10-17(14,4)16(13,2)3/h5,13-14H,1,6-12H2,2-4H3/t13-,14?,17-/m1/s1. The molecule has 1 unspecified atom stereocenters. The predicted octanol–water partition coefficient (Wildman–Crippen LogP) is 4.35. The third-order valence-electron chi connectivity index (χ3n) is 6.33. The van der Waals surface area contributed by atoms with Crippen LogP contribution in [0.2, 0.25) is 0 Å². The van der Waals surface area contributed by atoms with Gasteiger partial charge in [0.25, 0.3) is 0 Å². The van der Waals surface area contributed by atoms with Gasteiger partial charge in [0.05, 0.1) is 6.61 Å². The van der Waals surface area contributed by atoms with Gasteiger partial charge in [0.15, 0.2) is 0 Å². The van der Waals surface area contributed by atoms with E-state index in [0.29, 0.717) is 17.4 Å². The average Bonchev–Trinajstić information content (AvgIpc) is 2.71. The van der Waals surface area contributed by atoms with Gasteiger partial charge in [-0.2, -0.15) is 0 Å². The molecule has 0 aromatic rings. The Hall–Kier alpha value is -0.790. The molecule has 108 valence electrons. The summed E-state index contributed by atoms with van der Waals surface area (Å²) in [5.74, 6) is 1.51. The normalized spacial score (nSPS) is 35.3. The van der Waals surface area contributed by atoms with Gasteiger partial charge in [0.1, 0.15) is 0 Å². The second-order valence-corrected chi connectivity index (χ2v) is 7.17. The Balaban J connectivity index is 1.74. The summed E-state index contributed by atoms with van der Waals surface area (Å²) < 4.78 is 5.03.